The lowest BCUT2D eigenvalue weighted by molar-refractivity contribution is 0.409. The summed E-state index contributed by atoms with van der Waals surface area (Å²) in [6, 6.07) is 16.7. The molecule has 0 aliphatic carbocycles. The van der Waals surface area contributed by atoms with E-state index in [1.54, 1.807) is 20.4 Å². The maximum absolute atomic E-state index is 5.40. The molecule has 0 unspecified atom stereocenters. The van der Waals surface area contributed by atoms with Gasteiger partial charge in [0, 0.05) is 39.1 Å². The second kappa shape index (κ2) is 10.2. The molecule has 0 amide bonds. The zero-order chi connectivity index (χ0) is 19.6. The normalized spacial score (nSPS) is 11.3. The summed E-state index contributed by atoms with van der Waals surface area (Å²) in [4.78, 5) is 8.37. The third-order valence-corrected chi connectivity index (χ3v) is 4.51. The number of para-hydroxylation sites is 1. The predicted molar refractivity (Wildman–Crippen MR) is 113 cm³/mol. The number of guanidine groups is 1. The van der Waals surface area contributed by atoms with Crippen LogP contribution in [-0.4, -0.2) is 36.2 Å². The Hall–Kier alpha value is -3.28. The fourth-order valence-electron chi connectivity index (χ4n) is 2.99. The van der Waals surface area contributed by atoms with Gasteiger partial charge in [0.05, 0.1) is 13.4 Å². The molecular weight excluding hydrogens is 350 g/mol. The number of ether oxygens (including phenoxy) is 1. The molecule has 3 rings (SSSR count). The molecule has 0 bridgehead atoms. The lowest BCUT2D eigenvalue weighted by Gasteiger charge is -2.13. The van der Waals surface area contributed by atoms with Gasteiger partial charge in [-0.3, -0.25) is 4.99 Å². The summed E-state index contributed by atoms with van der Waals surface area (Å²) in [7, 11) is 3.49. The minimum atomic E-state index is 0.722. The van der Waals surface area contributed by atoms with E-state index < -0.39 is 0 Å². The van der Waals surface area contributed by atoms with Crippen molar-refractivity contribution in [1.29, 1.82) is 0 Å². The number of methoxy groups -OCH3 is 1. The number of benzene rings is 2. The highest BCUT2D eigenvalue weighted by molar-refractivity contribution is 5.79. The molecule has 28 heavy (non-hydrogen) atoms. The van der Waals surface area contributed by atoms with Crippen LogP contribution in [-0.2, 0) is 19.5 Å². The Labute approximate surface area is 166 Å². The number of hydrogen-bond acceptors (Lipinski definition) is 3. The molecule has 0 aliphatic heterocycles. The Morgan fingerprint density at radius 1 is 1.07 bits per heavy atom. The van der Waals surface area contributed by atoms with E-state index in [0.29, 0.717) is 0 Å². The van der Waals surface area contributed by atoms with Crippen LogP contribution in [0.25, 0.3) is 0 Å². The van der Waals surface area contributed by atoms with E-state index in [9.17, 15) is 0 Å². The van der Waals surface area contributed by atoms with Crippen LogP contribution in [0.1, 0.15) is 16.7 Å². The molecule has 2 aromatic carbocycles. The largest absolute Gasteiger partial charge is 0.496 e. The van der Waals surface area contributed by atoms with Crippen molar-refractivity contribution in [2.24, 2.45) is 4.99 Å². The second-order valence-corrected chi connectivity index (χ2v) is 6.47. The van der Waals surface area contributed by atoms with E-state index >= 15 is 0 Å². The number of aromatic nitrogens is 2. The summed E-state index contributed by atoms with van der Waals surface area (Å²) < 4.78 is 7.45. The van der Waals surface area contributed by atoms with E-state index in [4.69, 9.17) is 4.74 Å². The van der Waals surface area contributed by atoms with Crippen LogP contribution in [0.15, 0.2) is 72.2 Å². The van der Waals surface area contributed by atoms with Crippen molar-refractivity contribution in [2.45, 2.75) is 19.5 Å². The van der Waals surface area contributed by atoms with Gasteiger partial charge in [0.1, 0.15) is 5.75 Å². The van der Waals surface area contributed by atoms with E-state index in [-0.39, 0.29) is 0 Å². The van der Waals surface area contributed by atoms with Gasteiger partial charge in [-0.25, -0.2) is 4.98 Å². The third kappa shape index (κ3) is 5.61. The van der Waals surface area contributed by atoms with Gasteiger partial charge >= 0.3 is 0 Å². The van der Waals surface area contributed by atoms with Crippen molar-refractivity contribution in [3.8, 4) is 5.75 Å². The van der Waals surface area contributed by atoms with Gasteiger partial charge in [-0.05, 0) is 29.2 Å². The maximum Gasteiger partial charge on any atom is 0.191 e. The Bertz CT molecular complexity index is 872. The minimum Gasteiger partial charge on any atom is -0.496 e. The number of nitrogens with one attached hydrogen (secondary N) is 2. The molecule has 0 spiro atoms. The van der Waals surface area contributed by atoms with E-state index in [2.05, 4.69) is 55.5 Å². The number of nitrogens with zero attached hydrogens (tertiary/aromatic N) is 3. The van der Waals surface area contributed by atoms with Gasteiger partial charge in [0.15, 0.2) is 5.96 Å². The lowest BCUT2D eigenvalue weighted by atomic mass is 10.1. The van der Waals surface area contributed by atoms with Crippen molar-refractivity contribution in [3.63, 3.8) is 0 Å². The van der Waals surface area contributed by atoms with Gasteiger partial charge in [-0.1, -0.05) is 42.5 Å². The van der Waals surface area contributed by atoms with Crippen molar-refractivity contribution >= 4 is 5.96 Å². The molecule has 0 saturated carbocycles. The van der Waals surface area contributed by atoms with Crippen molar-refractivity contribution in [3.05, 3.63) is 83.9 Å². The highest BCUT2D eigenvalue weighted by Crippen LogP contribution is 2.17. The summed E-state index contributed by atoms with van der Waals surface area (Å²) in [5.41, 5.74) is 3.64. The first-order valence-electron chi connectivity index (χ1n) is 9.38. The van der Waals surface area contributed by atoms with Crippen molar-refractivity contribution in [1.82, 2.24) is 20.2 Å². The predicted octanol–water partition coefficient (Wildman–Crippen LogP) is 2.85. The quantitative estimate of drug-likeness (QED) is 0.468. The van der Waals surface area contributed by atoms with E-state index in [0.717, 1.165) is 37.8 Å². The number of rotatable bonds is 8. The molecule has 0 saturated heterocycles. The number of hydrogen-bond donors (Lipinski definition) is 2. The highest BCUT2D eigenvalue weighted by atomic mass is 16.5. The van der Waals surface area contributed by atoms with Gasteiger partial charge in [0.25, 0.3) is 0 Å². The molecule has 1 aromatic heterocycles. The zero-order valence-corrected chi connectivity index (χ0v) is 16.4. The van der Waals surface area contributed by atoms with Crippen LogP contribution >= 0.6 is 0 Å². The van der Waals surface area contributed by atoms with Gasteiger partial charge < -0.3 is 19.9 Å². The smallest absolute Gasteiger partial charge is 0.191 e. The molecule has 1 heterocycles. The SMILES string of the molecule is CN=C(NCCc1ccccc1OC)NCc1ccc(Cn2ccnc2)cc1. The number of aliphatic imine (C=N–C) groups is 1. The molecule has 2 N–H and O–H groups in total. The summed E-state index contributed by atoms with van der Waals surface area (Å²) in [5, 5.41) is 6.71. The summed E-state index contributed by atoms with van der Waals surface area (Å²) >= 11 is 0. The molecular formula is C22H27N5O. The molecule has 6 heteroatoms. The molecule has 3 aromatic rings. The zero-order valence-electron chi connectivity index (χ0n) is 16.4. The molecule has 146 valence electrons. The number of imidazole rings is 1. The monoisotopic (exact) mass is 377 g/mol. The van der Waals surface area contributed by atoms with Crippen molar-refractivity contribution in [2.75, 3.05) is 20.7 Å². The maximum atomic E-state index is 5.40. The second-order valence-electron chi connectivity index (χ2n) is 6.47. The topological polar surface area (TPSA) is 63.5 Å². The summed E-state index contributed by atoms with van der Waals surface area (Å²) in [5.74, 6) is 1.71. The fourth-order valence-corrected chi connectivity index (χ4v) is 2.99. The van der Waals surface area contributed by atoms with E-state index in [1.807, 2.05) is 30.7 Å². The van der Waals surface area contributed by atoms with Crippen LogP contribution in [0.2, 0.25) is 0 Å². The highest BCUT2D eigenvalue weighted by Gasteiger charge is 2.03. The van der Waals surface area contributed by atoms with Gasteiger partial charge in [0.2, 0.25) is 0 Å². The first-order valence-corrected chi connectivity index (χ1v) is 9.38. The first-order chi connectivity index (χ1) is 13.8. The Kier molecular flexibility index (Phi) is 7.07. The van der Waals surface area contributed by atoms with E-state index in [1.165, 1.54) is 16.7 Å². The molecule has 0 fully saturated rings. The average Bonchev–Trinajstić information content (AvgIpc) is 3.25. The van der Waals surface area contributed by atoms with Crippen LogP contribution in [0.5, 0.6) is 5.75 Å². The fraction of sp³-hybridized carbons (Fsp3) is 0.273. The van der Waals surface area contributed by atoms with Crippen molar-refractivity contribution < 1.29 is 4.74 Å². The molecule has 0 radical (unpaired) electrons. The molecule has 0 atom stereocenters. The van der Waals surface area contributed by atoms with Crippen LogP contribution in [0, 0.1) is 0 Å². The Morgan fingerprint density at radius 2 is 1.86 bits per heavy atom. The van der Waals surface area contributed by atoms with Gasteiger partial charge in [-0.15, -0.1) is 0 Å². The Morgan fingerprint density at radius 3 is 2.57 bits per heavy atom. The van der Waals surface area contributed by atoms with Crippen LogP contribution in [0.3, 0.4) is 0 Å². The van der Waals surface area contributed by atoms with Crippen LogP contribution < -0.4 is 15.4 Å². The Balaban J connectivity index is 1.44. The standard InChI is InChI=1S/C22H27N5O/c1-23-22(25-12-11-20-5-3-4-6-21(20)28-2)26-15-18-7-9-19(10-8-18)16-27-14-13-24-17-27/h3-10,13-14,17H,11-12,15-16H2,1-2H3,(H2,23,25,26). The third-order valence-electron chi connectivity index (χ3n) is 4.51. The minimum absolute atomic E-state index is 0.722. The molecule has 6 nitrogen and oxygen atoms in total. The molecule has 0 aliphatic rings. The first kappa shape index (κ1) is 19.5. The average molecular weight is 377 g/mol. The van der Waals surface area contributed by atoms with Crippen LogP contribution in [0.4, 0.5) is 0 Å². The lowest BCUT2D eigenvalue weighted by Crippen LogP contribution is -2.37. The summed E-state index contributed by atoms with van der Waals surface area (Å²) in [6.07, 6.45) is 6.46. The van der Waals surface area contributed by atoms with Gasteiger partial charge in [-0.2, -0.15) is 0 Å². The summed E-state index contributed by atoms with van der Waals surface area (Å²) in [6.45, 7) is 2.34.